The summed E-state index contributed by atoms with van der Waals surface area (Å²) in [5.74, 6) is 0.831. The van der Waals surface area contributed by atoms with Crippen molar-refractivity contribution in [2.24, 2.45) is 5.10 Å². The van der Waals surface area contributed by atoms with Crippen LogP contribution in [0.4, 0.5) is 5.69 Å². The highest BCUT2D eigenvalue weighted by molar-refractivity contribution is 6.02. The molecule has 0 saturated heterocycles. The van der Waals surface area contributed by atoms with E-state index in [2.05, 4.69) is 37.3 Å². The summed E-state index contributed by atoms with van der Waals surface area (Å²) in [6, 6.07) is 23.0. The summed E-state index contributed by atoms with van der Waals surface area (Å²) in [6.45, 7) is 2.07. The van der Waals surface area contributed by atoms with Crippen molar-refractivity contribution >= 4 is 11.4 Å². The average Bonchev–Trinajstić information content (AvgIpc) is 3.19. The molecular weight excluding hydrogens is 366 g/mol. The van der Waals surface area contributed by atoms with Crippen molar-refractivity contribution in [2.75, 3.05) is 0 Å². The fourth-order valence-corrected chi connectivity index (χ4v) is 3.94. The predicted octanol–water partition coefficient (Wildman–Crippen LogP) is 5.15. The molecule has 0 aromatic heterocycles. The lowest BCUT2D eigenvalue weighted by molar-refractivity contribution is -0.384. The van der Waals surface area contributed by atoms with E-state index in [0.29, 0.717) is 0 Å². The second-order valence-electron chi connectivity index (χ2n) is 7.37. The van der Waals surface area contributed by atoms with Crippen molar-refractivity contribution < 1.29 is 9.66 Å². The zero-order valence-corrected chi connectivity index (χ0v) is 15.9. The van der Waals surface area contributed by atoms with Gasteiger partial charge in [-0.2, -0.15) is 5.10 Å². The van der Waals surface area contributed by atoms with Gasteiger partial charge in [0.1, 0.15) is 5.75 Å². The van der Waals surface area contributed by atoms with Gasteiger partial charge in [-0.25, -0.2) is 5.01 Å². The molecule has 3 aromatic carbocycles. The van der Waals surface area contributed by atoms with E-state index >= 15 is 0 Å². The van der Waals surface area contributed by atoms with E-state index < -0.39 is 11.2 Å². The second kappa shape index (κ2) is 6.74. The molecule has 0 aliphatic carbocycles. The molecule has 0 bridgehead atoms. The third-order valence-electron chi connectivity index (χ3n) is 5.47. The number of rotatable bonds is 3. The first-order chi connectivity index (χ1) is 14.1. The SMILES string of the molecule is Cc1ccc(C2=NN3[C@@H](c4ccc([N+](=O)[O-])cc4)Oc4ccccc4[C@@H]3C2)cc1. The van der Waals surface area contributed by atoms with Gasteiger partial charge in [0.05, 0.1) is 16.7 Å². The smallest absolute Gasteiger partial charge is 0.269 e. The van der Waals surface area contributed by atoms with E-state index in [1.165, 1.54) is 17.7 Å². The Bertz CT molecular complexity index is 1110. The molecule has 6 nitrogen and oxygen atoms in total. The van der Waals surface area contributed by atoms with Gasteiger partial charge in [0, 0.05) is 29.7 Å². The van der Waals surface area contributed by atoms with Crippen molar-refractivity contribution in [3.63, 3.8) is 0 Å². The van der Waals surface area contributed by atoms with Gasteiger partial charge >= 0.3 is 0 Å². The number of benzene rings is 3. The highest BCUT2D eigenvalue weighted by Crippen LogP contribution is 2.47. The Balaban J connectivity index is 1.56. The van der Waals surface area contributed by atoms with E-state index in [1.54, 1.807) is 12.1 Å². The van der Waals surface area contributed by atoms with E-state index in [4.69, 9.17) is 9.84 Å². The van der Waals surface area contributed by atoms with Crippen LogP contribution < -0.4 is 4.74 Å². The Labute approximate surface area is 168 Å². The van der Waals surface area contributed by atoms with Crippen LogP contribution in [0.1, 0.15) is 40.9 Å². The molecular formula is C23H19N3O3. The maximum absolute atomic E-state index is 11.0. The van der Waals surface area contributed by atoms with Crippen LogP contribution in [0, 0.1) is 17.0 Å². The van der Waals surface area contributed by atoms with E-state index in [0.717, 1.165) is 34.6 Å². The molecule has 2 aliphatic rings. The number of nitro benzene ring substituents is 1. The lowest BCUT2D eigenvalue weighted by Crippen LogP contribution is -2.33. The van der Waals surface area contributed by atoms with Crippen LogP contribution in [0.5, 0.6) is 5.75 Å². The third kappa shape index (κ3) is 3.02. The number of fused-ring (bicyclic) bond motifs is 3. The first-order valence-corrected chi connectivity index (χ1v) is 9.53. The number of hydrazone groups is 1. The molecule has 0 amide bonds. The highest BCUT2D eigenvalue weighted by Gasteiger charge is 2.40. The number of hydrogen-bond donors (Lipinski definition) is 0. The van der Waals surface area contributed by atoms with Gasteiger partial charge in [0.2, 0.25) is 6.23 Å². The second-order valence-corrected chi connectivity index (χ2v) is 7.37. The predicted molar refractivity (Wildman–Crippen MR) is 110 cm³/mol. The molecule has 6 heteroatoms. The van der Waals surface area contributed by atoms with Crippen LogP contribution in [0.25, 0.3) is 0 Å². The molecule has 0 N–H and O–H groups in total. The number of nitro groups is 1. The number of para-hydroxylation sites is 1. The van der Waals surface area contributed by atoms with Crippen LogP contribution in [0.15, 0.2) is 77.9 Å². The normalized spacial score (nSPS) is 19.8. The number of aryl methyl sites for hydroxylation is 1. The molecule has 0 saturated carbocycles. The Morgan fingerprint density at radius 1 is 1.03 bits per heavy atom. The Morgan fingerprint density at radius 3 is 2.48 bits per heavy atom. The molecule has 5 rings (SSSR count). The van der Waals surface area contributed by atoms with Crippen LogP contribution >= 0.6 is 0 Å². The maximum atomic E-state index is 11.0. The summed E-state index contributed by atoms with van der Waals surface area (Å²) >= 11 is 0. The minimum Gasteiger partial charge on any atom is -0.464 e. The van der Waals surface area contributed by atoms with E-state index in [-0.39, 0.29) is 11.7 Å². The quantitative estimate of drug-likeness (QED) is 0.462. The van der Waals surface area contributed by atoms with Gasteiger partial charge in [0.15, 0.2) is 0 Å². The number of hydrogen-bond acceptors (Lipinski definition) is 5. The summed E-state index contributed by atoms with van der Waals surface area (Å²) in [6.07, 6.45) is 0.353. The van der Waals surface area contributed by atoms with Gasteiger partial charge < -0.3 is 4.74 Å². The largest absolute Gasteiger partial charge is 0.464 e. The van der Waals surface area contributed by atoms with Crippen LogP contribution in [0.3, 0.4) is 0 Å². The van der Waals surface area contributed by atoms with Gasteiger partial charge in [-0.05, 0) is 30.7 Å². The zero-order valence-electron chi connectivity index (χ0n) is 15.9. The summed E-state index contributed by atoms with van der Waals surface area (Å²) in [4.78, 5) is 10.6. The van der Waals surface area contributed by atoms with Gasteiger partial charge in [-0.3, -0.25) is 10.1 Å². The minimum atomic E-state index is -0.432. The van der Waals surface area contributed by atoms with E-state index in [1.807, 2.05) is 23.2 Å². The summed E-state index contributed by atoms with van der Waals surface area (Å²) in [5.41, 5.74) is 5.34. The molecule has 2 heterocycles. The molecule has 0 radical (unpaired) electrons. The lowest BCUT2D eigenvalue weighted by Gasteiger charge is -2.38. The topological polar surface area (TPSA) is 68.0 Å². The fraction of sp³-hybridized carbons (Fsp3) is 0.174. The molecule has 29 heavy (non-hydrogen) atoms. The number of non-ortho nitro benzene ring substituents is 1. The van der Waals surface area contributed by atoms with Gasteiger partial charge in [-0.15, -0.1) is 0 Å². The van der Waals surface area contributed by atoms with Crippen molar-refractivity contribution in [2.45, 2.75) is 25.6 Å². The lowest BCUT2D eigenvalue weighted by atomic mass is 9.95. The van der Waals surface area contributed by atoms with Crippen molar-refractivity contribution in [1.82, 2.24) is 5.01 Å². The molecule has 0 fully saturated rings. The Kier molecular flexibility index (Phi) is 4.05. The fourth-order valence-electron chi connectivity index (χ4n) is 3.94. The molecule has 0 unspecified atom stereocenters. The van der Waals surface area contributed by atoms with Gasteiger partial charge in [0.25, 0.3) is 5.69 Å². The first-order valence-electron chi connectivity index (χ1n) is 9.53. The standard InChI is InChI=1S/C23H19N3O3/c1-15-6-8-16(9-7-15)20-14-21-19-4-2-3-5-22(19)29-23(25(21)24-20)17-10-12-18(13-11-17)26(27)28/h2-13,21,23H,14H2,1H3/t21-,23+/m0/s1. The monoisotopic (exact) mass is 385 g/mol. The summed E-state index contributed by atoms with van der Waals surface area (Å²) < 4.78 is 6.28. The Hall–Kier alpha value is -3.67. The average molecular weight is 385 g/mol. The molecule has 144 valence electrons. The summed E-state index contributed by atoms with van der Waals surface area (Å²) in [7, 11) is 0. The zero-order chi connectivity index (χ0) is 20.0. The highest BCUT2D eigenvalue weighted by atomic mass is 16.6. The first kappa shape index (κ1) is 17.4. The number of ether oxygens (including phenoxy) is 1. The molecule has 3 aromatic rings. The molecule has 2 aliphatic heterocycles. The maximum Gasteiger partial charge on any atom is 0.269 e. The van der Waals surface area contributed by atoms with Crippen LogP contribution in [-0.2, 0) is 0 Å². The number of nitrogens with zero attached hydrogens (tertiary/aromatic N) is 3. The molecule has 2 atom stereocenters. The van der Waals surface area contributed by atoms with Crippen molar-refractivity contribution in [1.29, 1.82) is 0 Å². The van der Waals surface area contributed by atoms with Crippen LogP contribution in [-0.4, -0.2) is 15.6 Å². The summed E-state index contributed by atoms with van der Waals surface area (Å²) in [5, 5.41) is 17.9. The van der Waals surface area contributed by atoms with Gasteiger partial charge in [-0.1, -0.05) is 48.0 Å². The Morgan fingerprint density at radius 2 is 1.76 bits per heavy atom. The minimum absolute atomic E-state index is 0.0618. The molecule has 0 spiro atoms. The van der Waals surface area contributed by atoms with Crippen molar-refractivity contribution in [3.05, 3.63) is 105 Å². The van der Waals surface area contributed by atoms with Crippen LogP contribution in [0.2, 0.25) is 0 Å². The van der Waals surface area contributed by atoms with Crippen molar-refractivity contribution in [3.8, 4) is 5.75 Å². The third-order valence-corrected chi connectivity index (χ3v) is 5.47. The van der Waals surface area contributed by atoms with E-state index in [9.17, 15) is 10.1 Å².